The monoisotopic (exact) mass is 380 g/mol. The van der Waals surface area contributed by atoms with Crippen LogP contribution in [0, 0.1) is 0 Å². The maximum Gasteiger partial charge on any atom is 0.152 e. The molecule has 1 atom stereocenters. The summed E-state index contributed by atoms with van der Waals surface area (Å²) in [4.78, 5) is 0. The molecule has 0 aliphatic carbocycles. The zero-order chi connectivity index (χ0) is 18.9. The number of hydrazone groups is 1. The van der Waals surface area contributed by atoms with E-state index in [9.17, 15) is 13.5 Å². The topological polar surface area (TPSA) is 70.0 Å². The van der Waals surface area contributed by atoms with E-state index in [1.807, 2.05) is 60.7 Å². The summed E-state index contributed by atoms with van der Waals surface area (Å²) in [5.74, 6) is 0.404. The van der Waals surface area contributed by atoms with Crippen LogP contribution in [0.15, 0.2) is 71.8 Å². The molecule has 1 aliphatic rings. The van der Waals surface area contributed by atoms with E-state index in [0.717, 1.165) is 16.5 Å². The first-order valence-corrected chi connectivity index (χ1v) is 10.6. The number of hydrogen-bond donors (Lipinski definition) is 1. The summed E-state index contributed by atoms with van der Waals surface area (Å²) in [7, 11) is -3.04. The maximum atomic E-state index is 12.0. The van der Waals surface area contributed by atoms with Gasteiger partial charge in [0.25, 0.3) is 0 Å². The molecule has 0 bridgehead atoms. The van der Waals surface area contributed by atoms with Crippen molar-refractivity contribution in [1.29, 1.82) is 0 Å². The minimum atomic E-state index is -3.04. The van der Waals surface area contributed by atoms with Crippen LogP contribution in [-0.2, 0) is 9.84 Å². The van der Waals surface area contributed by atoms with E-state index >= 15 is 0 Å². The fourth-order valence-corrected chi connectivity index (χ4v) is 5.15. The normalized spacial score (nSPS) is 18.9. The lowest BCUT2D eigenvalue weighted by Crippen LogP contribution is -2.31. The van der Waals surface area contributed by atoms with Gasteiger partial charge in [0.2, 0.25) is 0 Å². The van der Waals surface area contributed by atoms with Gasteiger partial charge in [-0.25, -0.2) is 8.42 Å². The smallest absolute Gasteiger partial charge is 0.152 e. The van der Waals surface area contributed by atoms with Gasteiger partial charge < -0.3 is 5.11 Å². The highest BCUT2D eigenvalue weighted by Crippen LogP contribution is 2.28. The number of aromatic hydroxyl groups is 1. The lowest BCUT2D eigenvalue weighted by Gasteiger charge is -2.25. The van der Waals surface area contributed by atoms with Crippen LogP contribution < -0.4 is 5.01 Å². The third-order valence-corrected chi connectivity index (χ3v) is 6.58. The van der Waals surface area contributed by atoms with Crippen molar-refractivity contribution in [3.05, 3.63) is 72.3 Å². The second-order valence-electron chi connectivity index (χ2n) is 6.70. The van der Waals surface area contributed by atoms with E-state index in [4.69, 9.17) is 0 Å². The number of anilines is 1. The Morgan fingerprint density at radius 3 is 2.48 bits per heavy atom. The predicted molar refractivity (Wildman–Crippen MR) is 109 cm³/mol. The zero-order valence-corrected chi connectivity index (χ0v) is 15.5. The Bertz CT molecular complexity index is 1090. The quantitative estimate of drug-likeness (QED) is 0.555. The van der Waals surface area contributed by atoms with Gasteiger partial charge in [0.1, 0.15) is 5.75 Å². The molecule has 0 amide bonds. The minimum absolute atomic E-state index is 0.0841. The van der Waals surface area contributed by atoms with Crippen LogP contribution in [0.25, 0.3) is 10.8 Å². The van der Waals surface area contributed by atoms with Gasteiger partial charge in [-0.3, -0.25) is 5.01 Å². The van der Waals surface area contributed by atoms with Crippen molar-refractivity contribution in [3.63, 3.8) is 0 Å². The Morgan fingerprint density at radius 2 is 1.74 bits per heavy atom. The van der Waals surface area contributed by atoms with E-state index < -0.39 is 9.84 Å². The number of para-hydroxylation sites is 1. The Hall–Kier alpha value is -2.86. The standard InChI is InChI=1S/C21H20N2O3S/c24-21-11-10-16-6-4-5-9-19(16)20(21)14-22-23(17-7-2-1-3-8-17)18-12-13-27(25,26)15-18/h1-11,14,18,24H,12-13,15H2/b22-14-/t18-/m0/s1. The lowest BCUT2D eigenvalue weighted by molar-refractivity contribution is 0.475. The second-order valence-corrected chi connectivity index (χ2v) is 8.93. The highest BCUT2D eigenvalue weighted by molar-refractivity contribution is 7.91. The Balaban J connectivity index is 1.75. The van der Waals surface area contributed by atoms with Crippen molar-refractivity contribution in [2.45, 2.75) is 12.5 Å². The molecule has 5 nitrogen and oxygen atoms in total. The molecule has 0 aromatic heterocycles. The van der Waals surface area contributed by atoms with Crippen molar-refractivity contribution in [3.8, 4) is 5.75 Å². The number of sulfone groups is 1. The minimum Gasteiger partial charge on any atom is -0.507 e. The highest BCUT2D eigenvalue weighted by atomic mass is 32.2. The molecule has 27 heavy (non-hydrogen) atoms. The summed E-state index contributed by atoms with van der Waals surface area (Å²) in [6.45, 7) is 0. The fourth-order valence-electron chi connectivity index (χ4n) is 3.46. The molecule has 0 spiro atoms. The van der Waals surface area contributed by atoms with Gasteiger partial charge in [-0.05, 0) is 35.4 Å². The van der Waals surface area contributed by atoms with Gasteiger partial charge in [-0.2, -0.15) is 5.10 Å². The molecule has 1 heterocycles. The Kier molecular flexibility index (Phi) is 4.58. The first-order valence-electron chi connectivity index (χ1n) is 8.83. The molecule has 3 aromatic rings. The van der Waals surface area contributed by atoms with E-state index in [1.54, 1.807) is 17.3 Å². The summed E-state index contributed by atoms with van der Waals surface area (Å²) in [5, 5.41) is 18.6. The molecule has 0 unspecified atom stereocenters. The predicted octanol–water partition coefficient (Wildman–Crippen LogP) is 3.57. The number of phenolic OH excluding ortho intramolecular Hbond substituents is 1. The van der Waals surface area contributed by atoms with Crippen LogP contribution in [0.2, 0.25) is 0 Å². The molecular weight excluding hydrogens is 360 g/mol. The molecule has 1 fully saturated rings. The summed E-state index contributed by atoms with van der Waals surface area (Å²) >= 11 is 0. The van der Waals surface area contributed by atoms with Crippen LogP contribution in [0.4, 0.5) is 5.69 Å². The number of phenols is 1. The van der Waals surface area contributed by atoms with Crippen molar-refractivity contribution >= 4 is 32.5 Å². The number of fused-ring (bicyclic) bond motifs is 1. The average molecular weight is 380 g/mol. The zero-order valence-electron chi connectivity index (χ0n) is 14.7. The summed E-state index contributed by atoms with van der Waals surface area (Å²) in [6.07, 6.45) is 2.16. The van der Waals surface area contributed by atoms with Crippen LogP contribution in [0.5, 0.6) is 5.75 Å². The fraction of sp³-hybridized carbons (Fsp3) is 0.190. The number of nitrogens with zero attached hydrogens (tertiary/aromatic N) is 2. The van der Waals surface area contributed by atoms with Gasteiger partial charge in [-0.15, -0.1) is 0 Å². The Morgan fingerprint density at radius 1 is 1.00 bits per heavy atom. The lowest BCUT2D eigenvalue weighted by atomic mass is 10.0. The highest BCUT2D eigenvalue weighted by Gasteiger charge is 2.32. The van der Waals surface area contributed by atoms with Gasteiger partial charge in [0, 0.05) is 5.56 Å². The Labute approximate surface area is 158 Å². The van der Waals surface area contributed by atoms with E-state index in [-0.39, 0.29) is 23.3 Å². The van der Waals surface area contributed by atoms with Crippen molar-refractivity contribution in [2.75, 3.05) is 16.5 Å². The van der Waals surface area contributed by atoms with Gasteiger partial charge >= 0.3 is 0 Å². The molecule has 3 aromatic carbocycles. The molecule has 1 saturated heterocycles. The van der Waals surface area contributed by atoms with Crippen molar-refractivity contribution in [2.24, 2.45) is 5.10 Å². The first-order chi connectivity index (χ1) is 13.0. The van der Waals surface area contributed by atoms with Crippen LogP contribution >= 0.6 is 0 Å². The molecule has 138 valence electrons. The summed E-state index contributed by atoms with van der Waals surface area (Å²) in [6, 6.07) is 20.6. The molecule has 4 rings (SSSR count). The van der Waals surface area contributed by atoms with Crippen LogP contribution in [0.1, 0.15) is 12.0 Å². The molecule has 0 radical (unpaired) electrons. The molecule has 6 heteroatoms. The van der Waals surface area contributed by atoms with E-state index in [2.05, 4.69) is 5.10 Å². The van der Waals surface area contributed by atoms with Crippen LogP contribution in [-0.4, -0.2) is 37.3 Å². The third-order valence-electron chi connectivity index (χ3n) is 4.83. The number of benzene rings is 3. The largest absolute Gasteiger partial charge is 0.507 e. The van der Waals surface area contributed by atoms with E-state index in [1.165, 1.54) is 0 Å². The van der Waals surface area contributed by atoms with E-state index in [0.29, 0.717) is 12.0 Å². The van der Waals surface area contributed by atoms with Crippen molar-refractivity contribution in [1.82, 2.24) is 0 Å². The SMILES string of the molecule is O=S1(=O)CC[C@H](N(/N=C\c2c(O)ccc3ccccc23)c2ccccc2)C1. The number of hydrogen-bond acceptors (Lipinski definition) is 5. The van der Waals surface area contributed by atoms with Crippen molar-refractivity contribution < 1.29 is 13.5 Å². The second kappa shape index (κ2) is 7.04. The van der Waals surface area contributed by atoms with Crippen LogP contribution in [0.3, 0.4) is 0 Å². The molecule has 1 N–H and O–H groups in total. The third kappa shape index (κ3) is 3.66. The van der Waals surface area contributed by atoms with Gasteiger partial charge in [0.05, 0.1) is 29.4 Å². The number of rotatable bonds is 4. The first kappa shape index (κ1) is 17.5. The maximum absolute atomic E-state index is 12.0. The molecule has 1 aliphatic heterocycles. The van der Waals surface area contributed by atoms with Gasteiger partial charge in [-0.1, -0.05) is 48.5 Å². The molecular formula is C21H20N2O3S. The summed E-state index contributed by atoms with van der Waals surface area (Å²) in [5.41, 5.74) is 1.45. The summed E-state index contributed by atoms with van der Waals surface area (Å²) < 4.78 is 23.9. The van der Waals surface area contributed by atoms with Gasteiger partial charge in [0.15, 0.2) is 9.84 Å². The average Bonchev–Trinajstić information content (AvgIpc) is 3.04. The molecule has 0 saturated carbocycles.